The number of carbonyl (C=O) groups is 1. The molecule has 21 heteroatoms. The average molecular weight is 1120 g/mol. The zero-order valence-electron chi connectivity index (χ0n) is 46.0. The molecule has 81 heavy (non-hydrogen) atoms. The molecular weight excluding hydrogens is 1050 g/mol. The van der Waals surface area contributed by atoms with Crippen molar-refractivity contribution < 1.29 is 37.1 Å². The van der Waals surface area contributed by atoms with Gasteiger partial charge in [0.2, 0.25) is 5.88 Å². The number of ether oxygens (including phenoxy) is 4. The Labute approximate surface area is 472 Å². The molecule has 3 aromatic carbocycles. The molecule has 0 bridgehead atoms. The van der Waals surface area contributed by atoms with Crippen molar-refractivity contribution in [3.05, 3.63) is 124 Å². The van der Waals surface area contributed by atoms with Crippen molar-refractivity contribution in [2.24, 2.45) is 11.3 Å². The maximum absolute atomic E-state index is 14.8. The number of sulfonamides is 1. The summed E-state index contributed by atoms with van der Waals surface area (Å²) in [4.78, 5) is 51.6. The Morgan fingerprint density at radius 1 is 0.827 bits per heavy atom. The molecule has 4 atom stereocenters. The average Bonchev–Trinajstić information content (AvgIpc) is 4.03. The maximum Gasteiger partial charge on any atom is 0.293 e. The molecule has 0 unspecified atom stereocenters. The third-order valence-corrected chi connectivity index (χ3v) is 19.7. The van der Waals surface area contributed by atoms with Crippen molar-refractivity contribution in [2.45, 2.75) is 94.0 Å². The molecule has 426 valence electrons. The van der Waals surface area contributed by atoms with Crippen LogP contribution in [0.15, 0.2) is 102 Å². The molecule has 6 fully saturated rings. The molecule has 0 radical (unpaired) electrons. The lowest BCUT2D eigenvalue weighted by Crippen LogP contribution is -2.60. The molecule has 6 aliphatic heterocycles. The van der Waals surface area contributed by atoms with Crippen LogP contribution in [0.5, 0.6) is 5.88 Å². The topological polar surface area (TPSA) is 213 Å². The first-order valence-corrected chi connectivity index (χ1v) is 30.3. The van der Waals surface area contributed by atoms with Gasteiger partial charge in [0.1, 0.15) is 34.8 Å². The Balaban J connectivity index is 0.755. The fourth-order valence-corrected chi connectivity index (χ4v) is 14.8. The van der Waals surface area contributed by atoms with Gasteiger partial charge in [0, 0.05) is 95.0 Å². The van der Waals surface area contributed by atoms with Gasteiger partial charge in [0.05, 0.1) is 59.0 Å². The standard InChI is InChI=1S/C60H71N11O9S/c1-39-6-3-4-7-46(39)53-36-67(55-8-5-9-56(63-55)68-25-29-79-37-40(68)2)23-24-69(53)44-33-60(34-44)18-21-66(22-19-60)43-10-12-47(50(31-43)70-49-17-28-78-38-54(49)80-59-52(70)30-42-14-20-61-57(42)64-59)58(72)65-81(75,76)45-11-13-48(51(32-45)71(73)74)62-35-41-15-26-77-27-16-41/h3-14,20,30-32,40-41,44,49,53-54,62H,15-19,21-29,33-38H2,1-2H3,(H,61,64)(H,65,72)/t40-,49+,53+,54+/m1/s1. The van der Waals surface area contributed by atoms with Gasteiger partial charge < -0.3 is 48.8 Å². The molecule has 1 spiro atoms. The van der Waals surface area contributed by atoms with Gasteiger partial charge >= 0.3 is 0 Å². The Hall–Kier alpha value is -7.04. The van der Waals surface area contributed by atoms with Gasteiger partial charge in [-0.15, -0.1) is 0 Å². The fourth-order valence-electron chi connectivity index (χ4n) is 13.8. The normalized spacial score (nSPS) is 23.6. The number of carbonyl (C=O) groups excluding carboxylic acids is 1. The quantitative estimate of drug-likeness (QED) is 0.0732. The minimum atomic E-state index is -4.62. The predicted molar refractivity (Wildman–Crippen MR) is 310 cm³/mol. The van der Waals surface area contributed by atoms with E-state index in [-0.39, 0.29) is 40.7 Å². The van der Waals surface area contributed by atoms with Crippen molar-refractivity contribution in [1.82, 2.24) is 24.6 Å². The van der Waals surface area contributed by atoms with E-state index in [1.807, 2.05) is 30.5 Å². The van der Waals surface area contributed by atoms with Gasteiger partial charge in [-0.1, -0.05) is 30.3 Å². The van der Waals surface area contributed by atoms with Crippen LogP contribution in [0.2, 0.25) is 0 Å². The van der Waals surface area contributed by atoms with Crippen LogP contribution >= 0.6 is 0 Å². The number of H-pyrrole nitrogens is 1. The third-order valence-electron chi connectivity index (χ3n) is 18.4. The Bertz CT molecular complexity index is 3430. The zero-order valence-corrected chi connectivity index (χ0v) is 46.8. The van der Waals surface area contributed by atoms with Crippen LogP contribution < -0.4 is 34.4 Å². The molecule has 1 aliphatic carbocycles. The number of aromatic nitrogens is 3. The van der Waals surface area contributed by atoms with Crippen molar-refractivity contribution >= 4 is 67.0 Å². The highest BCUT2D eigenvalue weighted by molar-refractivity contribution is 7.90. The second-order valence-electron chi connectivity index (χ2n) is 23.3. The van der Waals surface area contributed by atoms with E-state index in [0.717, 1.165) is 107 Å². The van der Waals surface area contributed by atoms with Crippen molar-refractivity contribution in [3.8, 4) is 5.88 Å². The van der Waals surface area contributed by atoms with Gasteiger partial charge in [0.15, 0.2) is 0 Å². The van der Waals surface area contributed by atoms with E-state index in [1.54, 1.807) is 6.07 Å². The van der Waals surface area contributed by atoms with E-state index in [9.17, 15) is 23.3 Å². The van der Waals surface area contributed by atoms with Gasteiger partial charge in [-0.3, -0.25) is 19.8 Å². The number of anilines is 6. The van der Waals surface area contributed by atoms with E-state index in [4.69, 9.17) is 28.9 Å². The number of rotatable bonds is 13. The highest BCUT2D eigenvalue weighted by atomic mass is 32.2. The number of morpholine rings is 1. The number of piperazine rings is 1. The lowest BCUT2D eigenvalue weighted by molar-refractivity contribution is -0.384. The summed E-state index contributed by atoms with van der Waals surface area (Å²) in [5, 5.41) is 16.4. The van der Waals surface area contributed by atoms with Gasteiger partial charge in [0.25, 0.3) is 21.6 Å². The molecule has 5 saturated heterocycles. The largest absolute Gasteiger partial charge is 0.468 e. The SMILES string of the molecule is Cc1ccccc1[C@@H]1CN(c2cccc(N3CCOC[C@H]3C)n2)CCN1C1CC2(CCN(c3ccc(C(=O)NS(=O)(=O)c4ccc(NCC5CCOCC5)c([N+](=O)[O-])c4)c(N4c5cc6cc[nH]c6nc5O[C@H]5COCC[C@@H]54)c3)CC2)C1. The fraction of sp³-hybridized carbons (Fsp3) is 0.483. The Kier molecular flexibility index (Phi) is 14.5. The zero-order chi connectivity index (χ0) is 55.4. The van der Waals surface area contributed by atoms with Crippen LogP contribution in [-0.4, -0.2) is 149 Å². The van der Waals surface area contributed by atoms with Gasteiger partial charge in [-0.2, -0.15) is 4.98 Å². The van der Waals surface area contributed by atoms with Crippen LogP contribution in [0.1, 0.15) is 79.4 Å². The third kappa shape index (κ3) is 10.5. The number of piperidine rings is 1. The molecular formula is C60H71N11O9S. The minimum Gasteiger partial charge on any atom is -0.468 e. The Morgan fingerprint density at radius 3 is 2.44 bits per heavy atom. The van der Waals surface area contributed by atoms with E-state index in [0.29, 0.717) is 81.6 Å². The summed E-state index contributed by atoms with van der Waals surface area (Å²) >= 11 is 0. The molecule has 3 aromatic heterocycles. The molecule has 7 aliphatic rings. The smallest absolute Gasteiger partial charge is 0.293 e. The van der Waals surface area contributed by atoms with Crippen molar-refractivity contribution in [1.29, 1.82) is 0 Å². The van der Waals surface area contributed by atoms with E-state index >= 15 is 0 Å². The molecule has 1 saturated carbocycles. The van der Waals surface area contributed by atoms with E-state index < -0.39 is 37.5 Å². The number of nitro groups is 1. The molecule has 6 aromatic rings. The number of nitrogens with one attached hydrogen (secondary N) is 3. The first kappa shape index (κ1) is 53.3. The second kappa shape index (κ2) is 22.0. The van der Waals surface area contributed by atoms with Gasteiger partial charge in [-0.25, -0.2) is 18.1 Å². The van der Waals surface area contributed by atoms with Crippen LogP contribution in [0.25, 0.3) is 11.0 Å². The highest BCUT2D eigenvalue weighted by Gasteiger charge is 2.50. The number of nitrogens with zero attached hydrogens (tertiary/aromatic N) is 8. The number of nitro benzene ring substituents is 1. The summed E-state index contributed by atoms with van der Waals surface area (Å²) in [5.74, 6) is 1.79. The number of amides is 1. The molecule has 3 N–H and O–H groups in total. The first-order valence-electron chi connectivity index (χ1n) is 28.8. The summed E-state index contributed by atoms with van der Waals surface area (Å²) in [7, 11) is -4.62. The van der Waals surface area contributed by atoms with E-state index in [1.165, 1.54) is 23.3 Å². The number of hydrogen-bond acceptors (Lipinski definition) is 17. The summed E-state index contributed by atoms with van der Waals surface area (Å²) in [5.41, 5.74) is 5.51. The maximum atomic E-state index is 14.8. The van der Waals surface area contributed by atoms with Crippen LogP contribution in [-0.2, 0) is 24.2 Å². The molecule has 20 nitrogen and oxygen atoms in total. The van der Waals surface area contributed by atoms with E-state index in [2.05, 4.69) is 95.8 Å². The lowest BCUT2D eigenvalue weighted by Gasteiger charge is -2.58. The van der Waals surface area contributed by atoms with Gasteiger partial charge in [-0.05, 0) is 136 Å². The number of aryl methyl sites for hydroxylation is 1. The molecule has 13 rings (SSSR count). The summed E-state index contributed by atoms with van der Waals surface area (Å²) in [6.45, 7) is 13.5. The van der Waals surface area contributed by atoms with Crippen LogP contribution in [0, 0.1) is 28.4 Å². The number of fused-ring (bicyclic) bond motifs is 3. The number of hydrogen-bond donors (Lipinski definition) is 3. The minimum absolute atomic E-state index is 0.118. The van der Waals surface area contributed by atoms with Crippen LogP contribution in [0.3, 0.4) is 0 Å². The number of aromatic amines is 1. The number of benzene rings is 3. The summed E-state index contributed by atoms with van der Waals surface area (Å²) < 4.78 is 54.5. The van der Waals surface area contributed by atoms with Crippen molar-refractivity contribution in [2.75, 3.05) is 110 Å². The number of pyridine rings is 2. The highest BCUT2D eigenvalue weighted by Crippen LogP contribution is 2.54. The second-order valence-corrected chi connectivity index (χ2v) is 25.0. The lowest BCUT2D eigenvalue weighted by atomic mass is 9.59. The predicted octanol–water partition coefficient (Wildman–Crippen LogP) is 8.36. The Morgan fingerprint density at radius 2 is 1.63 bits per heavy atom. The monoisotopic (exact) mass is 1120 g/mol. The van der Waals surface area contributed by atoms with Crippen LogP contribution in [0.4, 0.5) is 40.1 Å². The summed E-state index contributed by atoms with van der Waals surface area (Å²) in [6.07, 6.45) is 7.87. The molecule has 9 heterocycles. The first-order chi connectivity index (χ1) is 39.4. The van der Waals surface area contributed by atoms with Crippen molar-refractivity contribution in [3.63, 3.8) is 0 Å². The summed E-state index contributed by atoms with van der Waals surface area (Å²) in [6, 6.07) is 29.2. The molecule has 1 amide bonds.